The molecule has 18 heavy (non-hydrogen) atoms. The van der Waals surface area contributed by atoms with E-state index in [0.29, 0.717) is 11.1 Å². The average Bonchev–Trinajstić information content (AvgIpc) is 2.25. The van der Waals surface area contributed by atoms with E-state index in [1.165, 1.54) is 25.1 Å². The van der Waals surface area contributed by atoms with Crippen molar-refractivity contribution in [1.82, 2.24) is 0 Å². The van der Waals surface area contributed by atoms with Gasteiger partial charge in [0.2, 0.25) is 0 Å². The van der Waals surface area contributed by atoms with E-state index in [0.717, 1.165) is 0 Å². The van der Waals surface area contributed by atoms with Gasteiger partial charge in [-0.05, 0) is 41.9 Å². The lowest BCUT2D eigenvalue weighted by atomic mass is 10.0. The zero-order chi connectivity index (χ0) is 13.9. The van der Waals surface area contributed by atoms with Gasteiger partial charge in [-0.3, -0.25) is 4.79 Å². The number of hydrogen-bond donors (Lipinski definition) is 0. The van der Waals surface area contributed by atoms with Gasteiger partial charge in [0.05, 0.1) is 4.83 Å². The van der Waals surface area contributed by atoms with Gasteiger partial charge in [0.25, 0.3) is 0 Å². The van der Waals surface area contributed by atoms with Crippen LogP contribution in [-0.2, 0) is 10.7 Å². The number of carbonyl (C=O) groups is 1. The second-order valence-corrected chi connectivity index (χ2v) is 5.84. The average molecular weight is 362 g/mol. The normalized spacial score (nSPS) is 13.4. The Hall–Kier alpha value is -0.200. The molecule has 0 amide bonds. The van der Waals surface area contributed by atoms with Gasteiger partial charge < -0.3 is 0 Å². The van der Waals surface area contributed by atoms with E-state index in [-0.39, 0.29) is 28.3 Å². The molecule has 1 unspecified atom stereocenters. The summed E-state index contributed by atoms with van der Waals surface area (Å²) in [4.78, 5) is 10.8. The molecule has 0 heterocycles. The van der Waals surface area contributed by atoms with Gasteiger partial charge in [-0.1, -0.05) is 22.0 Å². The number of rotatable bonds is 4. The molecule has 1 rings (SSSR count). The Balaban J connectivity index is 3.07. The number of carbonyl (C=O) groups excluding carboxylic acids is 1. The molecule has 0 radical (unpaired) electrons. The molecule has 0 bridgehead atoms. The van der Waals surface area contributed by atoms with E-state index in [2.05, 4.69) is 15.9 Å². The van der Waals surface area contributed by atoms with Gasteiger partial charge >= 0.3 is 5.51 Å². The van der Waals surface area contributed by atoms with Gasteiger partial charge in [0, 0.05) is 10.8 Å². The summed E-state index contributed by atoms with van der Waals surface area (Å²) < 4.78 is 36.7. The van der Waals surface area contributed by atoms with Gasteiger partial charge in [0.15, 0.2) is 0 Å². The van der Waals surface area contributed by atoms with Crippen LogP contribution in [0.3, 0.4) is 0 Å². The molecule has 1 nitrogen and oxygen atoms in total. The minimum atomic E-state index is -4.33. The van der Waals surface area contributed by atoms with E-state index in [1.54, 1.807) is 0 Å². The summed E-state index contributed by atoms with van der Waals surface area (Å²) in [6.07, 6.45) is 0. The molecular weight excluding hydrogens is 353 g/mol. The predicted molar refractivity (Wildman–Crippen MR) is 70.3 cm³/mol. The third kappa shape index (κ3) is 4.48. The van der Waals surface area contributed by atoms with Crippen LogP contribution in [0.15, 0.2) is 23.1 Å². The van der Waals surface area contributed by atoms with E-state index < -0.39 is 10.3 Å². The summed E-state index contributed by atoms with van der Waals surface area (Å²) in [7, 11) is 0. The fourth-order valence-electron chi connectivity index (χ4n) is 1.36. The lowest BCUT2D eigenvalue weighted by Gasteiger charge is -2.13. The molecule has 0 aliphatic rings. The highest BCUT2D eigenvalue weighted by Crippen LogP contribution is 2.39. The van der Waals surface area contributed by atoms with Crippen molar-refractivity contribution in [2.24, 2.45) is 0 Å². The molecule has 1 atom stereocenters. The fraction of sp³-hybridized carbons (Fsp3) is 0.364. The summed E-state index contributed by atoms with van der Waals surface area (Å²) in [5, 5.41) is 0. The van der Waals surface area contributed by atoms with Crippen LogP contribution in [0, 0.1) is 0 Å². The zero-order valence-corrected chi connectivity index (χ0v) is 12.4. The topological polar surface area (TPSA) is 17.1 Å². The highest BCUT2D eigenvalue weighted by molar-refractivity contribution is 9.09. The lowest BCUT2D eigenvalue weighted by Crippen LogP contribution is -2.05. The van der Waals surface area contributed by atoms with Crippen molar-refractivity contribution in [1.29, 1.82) is 0 Å². The van der Waals surface area contributed by atoms with Crippen molar-refractivity contribution >= 4 is 45.1 Å². The van der Waals surface area contributed by atoms with Crippen molar-refractivity contribution in [3.05, 3.63) is 29.3 Å². The Morgan fingerprint density at radius 2 is 2.11 bits per heavy atom. The Labute approximate surface area is 120 Å². The fourth-order valence-corrected chi connectivity index (χ4v) is 2.64. The number of thioether (sulfide) groups is 1. The molecule has 100 valence electrons. The first-order chi connectivity index (χ1) is 8.24. The number of ketones is 1. The summed E-state index contributed by atoms with van der Waals surface area (Å²) in [6, 6.07) is 4.19. The quantitative estimate of drug-likeness (QED) is 0.550. The maximum Gasteiger partial charge on any atom is 0.446 e. The first kappa shape index (κ1) is 15.9. The largest absolute Gasteiger partial charge is 0.446 e. The molecule has 0 N–H and O–H groups in total. The maximum atomic E-state index is 12.2. The summed E-state index contributed by atoms with van der Waals surface area (Å²) in [5.41, 5.74) is -3.22. The van der Waals surface area contributed by atoms with Crippen LogP contribution in [0.25, 0.3) is 0 Å². The van der Waals surface area contributed by atoms with E-state index in [1.807, 2.05) is 0 Å². The number of Topliss-reactive ketones (excluding diaryl/α,β-unsaturated/α-hetero) is 1. The first-order valence-electron chi connectivity index (χ1n) is 4.83. The molecule has 0 aromatic heterocycles. The highest BCUT2D eigenvalue weighted by atomic mass is 79.9. The smallest absolute Gasteiger partial charge is 0.298 e. The van der Waals surface area contributed by atoms with Crippen molar-refractivity contribution in [3.8, 4) is 0 Å². The Kier molecular flexibility index (Phi) is 5.55. The number of alkyl halides is 5. The maximum absolute atomic E-state index is 12.2. The molecule has 1 aromatic rings. The minimum Gasteiger partial charge on any atom is -0.298 e. The van der Waals surface area contributed by atoms with Gasteiger partial charge in [-0.25, -0.2) is 0 Å². The SMILES string of the molecule is CC(=O)C(Br)c1ccc(SC(F)(F)F)cc1CCl. The molecule has 1 aromatic carbocycles. The van der Waals surface area contributed by atoms with Crippen molar-refractivity contribution in [2.45, 2.75) is 28.0 Å². The summed E-state index contributed by atoms with van der Waals surface area (Å²) in [6.45, 7) is 1.40. The van der Waals surface area contributed by atoms with Crippen molar-refractivity contribution in [2.75, 3.05) is 0 Å². The van der Waals surface area contributed by atoms with Crippen LogP contribution in [0.5, 0.6) is 0 Å². The monoisotopic (exact) mass is 360 g/mol. The first-order valence-corrected chi connectivity index (χ1v) is 7.10. The number of benzene rings is 1. The van der Waals surface area contributed by atoms with E-state index in [9.17, 15) is 18.0 Å². The highest BCUT2D eigenvalue weighted by Gasteiger charge is 2.29. The predicted octanol–water partition coefficient (Wildman–Crippen LogP) is 5.06. The van der Waals surface area contributed by atoms with E-state index >= 15 is 0 Å². The van der Waals surface area contributed by atoms with Gasteiger partial charge in [0.1, 0.15) is 5.78 Å². The van der Waals surface area contributed by atoms with Crippen molar-refractivity contribution < 1.29 is 18.0 Å². The number of hydrogen-bond acceptors (Lipinski definition) is 2. The van der Waals surface area contributed by atoms with Crippen LogP contribution >= 0.6 is 39.3 Å². The third-order valence-corrected chi connectivity index (χ3v) is 4.27. The Morgan fingerprint density at radius 1 is 1.50 bits per heavy atom. The standard InChI is InChI=1S/C11H9BrClF3OS/c1-6(17)10(12)9-3-2-8(4-7(9)5-13)18-11(14,15)16/h2-4,10H,5H2,1H3. The Bertz CT molecular complexity index is 450. The Morgan fingerprint density at radius 3 is 2.56 bits per heavy atom. The van der Waals surface area contributed by atoms with E-state index in [4.69, 9.17) is 11.6 Å². The second-order valence-electron chi connectivity index (χ2n) is 3.52. The molecular formula is C11H9BrClF3OS. The van der Waals surface area contributed by atoms with Crippen molar-refractivity contribution in [3.63, 3.8) is 0 Å². The molecule has 7 heteroatoms. The zero-order valence-electron chi connectivity index (χ0n) is 9.22. The summed E-state index contributed by atoms with van der Waals surface area (Å²) in [5.74, 6) is -0.0747. The summed E-state index contributed by atoms with van der Waals surface area (Å²) >= 11 is 8.69. The van der Waals surface area contributed by atoms with Gasteiger partial charge in [-0.2, -0.15) is 13.2 Å². The van der Waals surface area contributed by atoms with Crippen LogP contribution in [-0.4, -0.2) is 11.3 Å². The van der Waals surface area contributed by atoms with Crippen LogP contribution in [0.2, 0.25) is 0 Å². The minimum absolute atomic E-state index is 0.0526. The van der Waals surface area contributed by atoms with Crippen LogP contribution < -0.4 is 0 Å². The molecule has 0 saturated carbocycles. The second kappa shape index (κ2) is 6.30. The molecule has 0 aliphatic heterocycles. The van der Waals surface area contributed by atoms with Gasteiger partial charge in [-0.15, -0.1) is 11.6 Å². The third-order valence-electron chi connectivity index (χ3n) is 2.12. The molecule has 0 fully saturated rings. The molecule has 0 spiro atoms. The number of halogens is 5. The molecule has 0 aliphatic carbocycles. The lowest BCUT2D eigenvalue weighted by molar-refractivity contribution is -0.116. The molecule has 0 saturated heterocycles. The van der Waals surface area contributed by atoms with Crippen LogP contribution in [0.4, 0.5) is 13.2 Å². The van der Waals surface area contributed by atoms with Crippen LogP contribution in [0.1, 0.15) is 22.9 Å².